The summed E-state index contributed by atoms with van der Waals surface area (Å²) >= 11 is 0. The van der Waals surface area contributed by atoms with Gasteiger partial charge < -0.3 is 9.80 Å². The van der Waals surface area contributed by atoms with Crippen molar-refractivity contribution in [3.05, 3.63) is 0 Å². The molecule has 6 nitrogen and oxygen atoms in total. The lowest BCUT2D eigenvalue weighted by Gasteiger charge is -2.23. The molecule has 0 aromatic carbocycles. The molecule has 0 saturated carbocycles. The predicted molar refractivity (Wildman–Crippen MR) is 67.6 cm³/mol. The van der Waals surface area contributed by atoms with E-state index in [-0.39, 0.29) is 13.0 Å². The fraction of sp³-hybridized carbons (Fsp3) is 0.769. The summed E-state index contributed by atoms with van der Waals surface area (Å²) < 4.78 is 37.3. The molecule has 0 bridgehead atoms. The van der Waals surface area contributed by atoms with Crippen molar-refractivity contribution in [2.24, 2.45) is 0 Å². The molecule has 0 spiro atoms. The van der Waals surface area contributed by atoms with Crippen LogP contribution >= 0.6 is 0 Å². The number of hydrogen-bond acceptors (Lipinski definition) is 3. The Hall–Kier alpha value is -1.80. The summed E-state index contributed by atoms with van der Waals surface area (Å²) in [5.74, 6) is -1.27. The maximum absolute atomic E-state index is 12.5. The monoisotopic (exact) mass is 319 g/mol. The van der Waals surface area contributed by atoms with E-state index in [0.29, 0.717) is 24.3 Å². The van der Waals surface area contributed by atoms with Crippen LogP contribution in [0.3, 0.4) is 0 Å². The van der Waals surface area contributed by atoms with E-state index in [1.54, 1.807) is 6.92 Å². The summed E-state index contributed by atoms with van der Waals surface area (Å²) in [6.07, 6.45) is -3.21. The Morgan fingerprint density at radius 2 is 1.91 bits per heavy atom. The minimum Gasteiger partial charge on any atom is -0.332 e. The number of alkyl halides is 3. The third kappa shape index (κ3) is 2.05. The highest BCUT2D eigenvalue weighted by molar-refractivity contribution is 6.10. The van der Waals surface area contributed by atoms with Crippen molar-refractivity contribution in [2.45, 2.75) is 43.9 Å². The topological polar surface area (TPSA) is 60.9 Å². The van der Waals surface area contributed by atoms with Gasteiger partial charge in [0.2, 0.25) is 5.91 Å². The number of urea groups is 1. The van der Waals surface area contributed by atoms with Crippen molar-refractivity contribution in [1.29, 1.82) is 0 Å². The number of amides is 4. The van der Waals surface area contributed by atoms with Crippen LogP contribution in [0.1, 0.15) is 26.2 Å². The second-order valence-corrected chi connectivity index (χ2v) is 6.17. The van der Waals surface area contributed by atoms with Gasteiger partial charge in [-0.3, -0.25) is 9.59 Å². The summed E-state index contributed by atoms with van der Waals surface area (Å²) in [6, 6.07) is -1.66. The SMILES string of the molecule is C[C@@]12CCCN1C(=O)N([C@H]1CCN(CC(F)(F)F)C1=O)C2=O. The van der Waals surface area contributed by atoms with Crippen molar-refractivity contribution >= 4 is 17.8 Å². The number of imide groups is 1. The van der Waals surface area contributed by atoms with Crippen LogP contribution < -0.4 is 0 Å². The predicted octanol–water partition coefficient (Wildman–Crippen LogP) is 0.966. The number of rotatable bonds is 2. The van der Waals surface area contributed by atoms with Crippen molar-refractivity contribution in [3.63, 3.8) is 0 Å². The first kappa shape index (κ1) is 15.1. The number of hydrogen-bond donors (Lipinski definition) is 0. The molecule has 0 radical (unpaired) electrons. The minimum atomic E-state index is -4.49. The Labute approximate surface area is 124 Å². The molecule has 3 aliphatic heterocycles. The number of carbonyl (C=O) groups is 3. The summed E-state index contributed by atoms with van der Waals surface area (Å²) in [5.41, 5.74) is -0.950. The molecule has 0 N–H and O–H groups in total. The normalized spacial score (nSPS) is 32.5. The van der Waals surface area contributed by atoms with Gasteiger partial charge in [0.05, 0.1) is 0 Å². The van der Waals surface area contributed by atoms with E-state index in [2.05, 4.69) is 0 Å². The molecule has 4 amide bonds. The minimum absolute atomic E-state index is 0.0519. The first-order valence-corrected chi connectivity index (χ1v) is 7.16. The average molecular weight is 319 g/mol. The van der Waals surface area contributed by atoms with Crippen molar-refractivity contribution in [2.75, 3.05) is 19.6 Å². The van der Waals surface area contributed by atoms with E-state index in [1.165, 1.54) is 4.90 Å². The van der Waals surface area contributed by atoms with Gasteiger partial charge in [-0.1, -0.05) is 0 Å². The highest BCUT2D eigenvalue weighted by Gasteiger charge is 2.60. The van der Waals surface area contributed by atoms with E-state index in [0.717, 1.165) is 4.90 Å². The first-order chi connectivity index (χ1) is 10.1. The maximum Gasteiger partial charge on any atom is 0.406 e. The number of halogens is 3. The van der Waals surface area contributed by atoms with Gasteiger partial charge in [0.1, 0.15) is 18.1 Å². The molecule has 122 valence electrons. The number of fused-ring (bicyclic) bond motifs is 1. The highest BCUT2D eigenvalue weighted by atomic mass is 19.4. The fourth-order valence-corrected chi connectivity index (χ4v) is 3.58. The van der Waals surface area contributed by atoms with Crippen molar-refractivity contribution in [1.82, 2.24) is 14.7 Å². The van der Waals surface area contributed by atoms with Gasteiger partial charge in [-0.25, -0.2) is 9.69 Å². The van der Waals surface area contributed by atoms with Crippen molar-refractivity contribution in [3.8, 4) is 0 Å². The van der Waals surface area contributed by atoms with E-state index in [4.69, 9.17) is 0 Å². The molecule has 22 heavy (non-hydrogen) atoms. The summed E-state index contributed by atoms with van der Waals surface area (Å²) in [6.45, 7) is 0.633. The standard InChI is InChI=1S/C13H16F3N3O3/c1-12-4-2-5-18(12)11(22)19(10(12)21)8-3-6-17(9(8)20)7-13(14,15)16/h8H,2-7H2,1H3/t8-,12-/m0/s1. The smallest absolute Gasteiger partial charge is 0.332 e. The maximum atomic E-state index is 12.5. The third-order valence-corrected chi connectivity index (χ3v) is 4.71. The summed E-state index contributed by atoms with van der Waals surface area (Å²) in [5, 5.41) is 0. The first-order valence-electron chi connectivity index (χ1n) is 7.16. The number of likely N-dealkylation sites (tertiary alicyclic amines) is 1. The summed E-state index contributed by atoms with van der Waals surface area (Å²) in [4.78, 5) is 40.0. The molecular weight excluding hydrogens is 303 g/mol. The van der Waals surface area contributed by atoms with Gasteiger partial charge in [0.25, 0.3) is 5.91 Å². The Morgan fingerprint density at radius 3 is 2.50 bits per heavy atom. The Kier molecular flexibility index (Phi) is 3.16. The van der Waals surface area contributed by atoms with Gasteiger partial charge in [-0.05, 0) is 26.2 Å². The van der Waals surface area contributed by atoms with Gasteiger partial charge in [0.15, 0.2) is 0 Å². The van der Waals surface area contributed by atoms with Crippen LogP contribution in [0.2, 0.25) is 0 Å². The molecule has 3 heterocycles. The zero-order valence-electron chi connectivity index (χ0n) is 12.0. The van der Waals surface area contributed by atoms with Crippen LogP contribution in [-0.2, 0) is 9.59 Å². The zero-order valence-corrected chi connectivity index (χ0v) is 12.0. The molecule has 3 fully saturated rings. The Morgan fingerprint density at radius 1 is 1.23 bits per heavy atom. The summed E-state index contributed by atoms with van der Waals surface area (Å²) in [7, 11) is 0. The lowest BCUT2D eigenvalue weighted by Crippen LogP contribution is -2.48. The van der Waals surface area contributed by atoms with E-state index >= 15 is 0 Å². The highest BCUT2D eigenvalue weighted by Crippen LogP contribution is 2.39. The van der Waals surface area contributed by atoms with Gasteiger partial charge in [0, 0.05) is 13.1 Å². The molecule has 0 aromatic heterocycles. The molecule has 3 saturated heterocycles. The van der Waals surface area contributed by atoms with Crippen LogP contribution in [0, 0.1) is 0 Å². The average Bonchev–Trinajstić information content (AvgIpc) is 2.99. The second-order valence-electron chi connectivity index (χ2n) is 6.17. The molecule has 0 aromatic rings. The van der Waals surface area contributed by atoms with Gasteiger partial charge in [-0.15, -0.1) is 0 Å². The largest absolute Gasteiger partial charge is 0.406 e. The second kappa shape index (κ2) is 4.60. The quantitative estimate of drug-likeness (QED) is 0.713. The van der Waals surface area contributed by atoms with Crippen LogP contribution in [0.25, 0.3) is 0 Å². The zero-order chi connectivity index (χ0) is 16.3. The molecule has 3 rings (SSSR count). The van der Waals surface area contributed by atoms with Crippen LogP contribution in [0.4, 0.5) is 18.0 Å². The van der Waals surface area contributed by atoms with Crippen molar-refractivity contribution < 1.29 is 27.6 Å². The lowest BCUT2D eigenvalue weighted by molar-refractivity contribution is -0.159. The Bertz CT molecular complexity index is 550. The van der Waals surface area contributed by atoms with Gasteiger partial charge in [-0.2, -0.15) is 13.2 Å². The third-order valence-electron chi connectivity index (χ3n) is 4.71. The molecular formula is C13H16F3N3O3. The number of carbonyl (C=O) groups excluding carboxylic acids is 3. The molecule has 3 aliphatic rings. The molecule has 0 unspecified atom stereocenters. The number of nitrogens with zero attached hydrogens (tertiary/aromatic N) is 3. The van der Waals surface area contributed by atoms with Crippen LogP contribution in [0.5, 0.6) is 0 Å². The van der Waals surface area contributed by atoms with Crippen LogP contribution in [-0.4, -0.2) is 69.9 Å². The van der Waals surface area contributed by atoms with E-state index in [9.17, 15) is 27.6 Å². The fourth-order valence-electron chi connectivity index (χ4n) is 3.58. The van der Waals surface area contributed by atoms with E-state index in [1.807, 2.05) is 0 Å². The lowest BCUT2D eigenvalue weighted by atomic mass is 9.99. The Balaban J connectivity index is 1.80. The molecule has 9 heteroatoms. The molecule has 0 aliphatic carbocycles. The van der Waals surface area contributed by atoms with Crippen LogP contribution in [0.15, 0.2) is 0 Å². The molecule has 2 atom stereocenters. The van der Waals surface area contributed by atoms with E-state index < -0.39 is 42.1 Å². The van der Waals surface area contributed by atoms with Gasteiger partial charge >= 0.3 is 12.2 Å².